The molecular weight excluding hydrogens is 302 g/mol. The Morgan fingerprint density at radius 1 is 1.10 bits per heavy atom. The summed E-state index contributed by atoms with van der Waals surface area (Å²) in [4.78, 5) is 15.3. The van der Waals surface area contributed by atoms with Gasteiger partial charge in [-0.3, -0.25) is 4.79 Å². The van der Waals surface area contributed by atoms with E-state index in [2.05, 4.69) is 0 Å². The molecule has 0 unspecified atom stereocenters. The van der Waals surface area contributed by atoms with Crippen molar-refractivity contribution in [3.63, 3.8) is 0 Å². The molecule has 1 aromatic heterocycles. The Hall–Kier alpha value is -1.84. The van der Waals surface area contributed by atoms with Crippen molar-refractivity contribution in [3.05, 3.63) is 69.4 Å². The number of carbonyl (C=O) groups is 1. The lowest BCUT2D eigenvalue weighted by Crippen LogP contribution is -2.25. The number of benzene rings is 2. The van der Waals surface area contributed by atoms with Crippen LogP contribution in [-0.2, 0) is 6.54 Å². The Morgan fingerprint density at radius 2 is 1.86 bits per heavy atom. The number of nitrogens with zero attached hydrogens (tertiary/aromatic N) is 1. The van der Waals surface area contributed by atoms with Gasteiger partial charge in [0, 0.05) is 17.5 Å². The summed E-state index contributed by atoms with van der Waals surface area (Å²) in [5.41, 5.74) is 0.707. The van der Waals surface area contributed by atoms with Crippen molar-refractivity contribution >= 4 is 39.6 Å². The Bertz CT molecular complexity index is 796. The molecule has 0 N–H and O–H groups in total. The summed E-state index contributed by atoms with van der Waals surface area (Å²) in [5.74, 6) is 0.0188. The Kier molecular flexibility index (Phi) is 3.95. The monoisotopic (exact) mass is 315 g/mol. The van der Waals surface area contributed by atoms with Crippen LogP contribution in [0.2, 0.25) is 4.34 Å². The molecule has 0 aliphatic rings. The van der Waals surface area contributed by atoms with Crippen LogP contribution >= 0.6 is 22.9 Å². The van der Waals surface area contributed by atoms with Crippen molar-refractivity contribution in [1.82, 2.24) is 4.90 Å². The van der Waals surface area contributed by atoms with Gasteiger partial charge in [0.1, 0.15) is 0 Å². The minimum Gasteiger partial charge on any atom is -0.337 e. The van der Waals surface area contributed by atoms with E-state index < -0.39 is 0 Å². The van der Waals surface area contributed by atoms with Crippen molar-refractivity contribution < 1.29 is 4.79 Å². The molecule has 0 aliphatic carbocycles. The molecule has 0 saturated carbocycles. The smallest absolute Gasteiger partial charge is 0.253 e. The molecule has 1 heterocycles. The Morgan fingerprint density at radius 3 is 2.57 bits per heavy atom. The maximum Gasteiger partial charge on any atom is 0.253 e. The first-order chi connectivity index (χ1) is 10.1. The molecule has 0 atom stereocenters. The van der Waals surface area contributed by atoms with E-state index in [0.717, 1.165) is 20.0 Å². The van der Waals surface area contributed by atoms with Crippen LogP contribution in [0.3, 0.4) is 0 Å². The average Bonchev–Trinajstić information content (AvgIpc) is 2.91. The van der Waals surface area contributed by atoms with Crippen molar-refractivity contribution in [2.75, 3.05) is 7.05 Å². The van der Waals surface area contributed by atoms with Crippen molar-refractivity contribution in [1.29, 1.82) is 0 Å². The highest BCUT2D eigenvalue weighted by Crippen LogP contribution is 2.23. The van der Waals surface area contributed by atoms with E-state index in [4.69, 9.17) is 11.6 Å². The summed E-state index contributed by atoms with van der Waals surface area (Å²) in [6.07, 6.45) is 0. The van der Waals surface area contributed by atoms with Gasteiger partial charge in [0.25, 0.3) is 5.91 Å². The molecule has 0 saturated heterocycles. The molecule has 2 nitrogen and oxygen atoms in total. The van der Waals surface area contributed by atoms with Gasteiger partial charge in [-0.1, -0.05) is 41.9 Å². The first kappa shape index (κ1) is 14.1. The molecule has 0 radical (unpaired) electrons. The summed E-state index contributed by atoms with van der Waals surface area (Å²) in [7, 11) is 1.81. The number of carbonyl (C=O) groups excluding carboxylic acids is 1. The average molecular weight is 316 g/mol. The third-order valence-corrected chi connectivity index (χ3v) is 4.58. The van der Waals surface area contributed by atoms with Crippen LogP contribution in [-0.4, -0.2) is 17.9 Å². The predicted molar refractivity (Wildman–Crippen MR) is 89.1 cm³/mol. The van der Waals surface area contributed by atoms with Crippen LogP contribution < -0.4 is 0 Å². The molecule has 0 spiro atoms. The van der Waals surface area contributed by atoms with E-state index in [9.17, 15) is 4.79 Å². The summed E-state index contributed by atoms with van der Waals surface area (Å²) in [5, 5.41) is 2.22. The SMILES string of the molecule is CN(Cc1ccc(Cl)s1)C(=O)c1ccc2ccccc2c1. The lowest BCUT2D eigenvalue weighted by molar-refractivity contribution is 0.0786. The summed E-state index contributed by atoms with van der Waals surface area (Å²) >= 11 is 7.42. The lowest BCUT2D eigenvalue weighted by atomic mass is 10.1. The fraction of sp³-hybridized carbons (Fsp3) is 0.118. The fourth-order valence-electron chi connectivity index (χ4n) is 2.29. The van der Waals surface area contributed by atoms with Gasteiger partial charge < -0.3 is 4.90 Å². The number of hydrogen-bond donors (Lipinski definition) is 0. The summed E-state index contributed by atoms with van der Waals surface area (Å²) in [6, 6.07) is 17.7. The van der Waals surface area contributed by atoms with Gasteiger partial charge in [-0.05, 0) is 35.0 Å². The van der Waals surface area contributed by atoms with Gasteiger partial charge in [0.15, 0.2) is 0 Å². The standard InChI is InChI=1S/C17H14ClNOS/c1-19(11-15-8-9-16(18)21-15)17(20)14-7-6-12-4-2-3-5-13(12)10-14/h2-10H,11H2,1H3. The molecule has 3 rings (SSSR count). The van der Waals surface area contributed by atoms with Crippen molar-refractivity contribution in [2.24, 2.45) is 0 Å². The third kappa shape index (κ3) is 3.09. The molecule has 4 heteroatoms. The highest BCUT2D eigenvalue weighted by atomic mass is 35.5. The van der Waals surface area contributed by atoms with E-state index in [-0.39, 0.29) is 5.91 Å². The third-order valence-electron chi connectivity index (χ3n) is 3.36. The zero-order valence-corrected chi connectivity index (χ0v) is 13.1. The van der Waals surface area contributed by atoms with Crippen molar-refractivity contribution in [2.45, 2.75) is 6.54 Å². The number of rotatable bonds is 3. The Labute approximate surface area is 132 Å². The molecule has 106 valence electrons. The van der Waals surface area contributed by atoms with E-state index >= 15 is 0 Å². The predicted octanol–water partition coefficient (Wildman–Crippen LogP) is 4.83. The van der Waals surface area contributed by atoms with Gasteiger partial charge in [-0.2, -0.15) is 0 Å². The number of thiophene rings is 1. The normalized spacial score (nSPS) is 10.8. The largest absolute Gasteiger partial charge is 0.337 e. The first-order valence-corrected chi connectivity index (χ1v) is 7.81. The first-order valence-electron chi connectivity index (χ1n) is 6.62. The molecule has 0 bridgehead atoms. The van der Waals surface area contributed by atoms with Gasteiger partial charge >= 0.3 is 0 Å². The van der Waals surface area contributed by atoms with Gasteiger partial charge in [-0.15, -0.1) is 11.3 Å². The molecule has 21 heavy (non-hydrogen) atoms. The minimum absolute atomic E-state index is 0.0188. The van der Waals surface area contributed by atoms with Crippen LogP contribution in [0.5, 0.6) is 0 Å². The lowest BCUT2D eigenvalue weighted by Gasteiger charge is -2.16. The number of halogens is 1. The van der Waals surface area contributed by atoms with Crippen LogP contribution in [0.15, 0.2) is 54.6 Å². The maximum atomic E-state index is 12.5. The number of fused-ring (bicyclic) bond motifs is 1. The van der Waals surface area contributed by atoms with Gasteiger partial charge in [-0.25, -0.2) is 0 Å². The van der Waals surface area contributed by atoms with E-state index in [1.54, 1.807) is 4.90 Å². The minimum atomic E-state index is 0.0188. The van der Waals surface area contributed by atoms with Crippen LogP contribution in [0.1, 0.15) is 15.2 Å². The van der Waals surface area contributed by atoms with E-state index in [1.807, 2.05) is 61.6 Å². The van der Waals surface area contributed by atoms with Crippen LogP contribution in [0.25, 0.3) is 10.8 Å². The second kappa shape index (κ2) is 5.88. The van der Waals surface area contributed by atoms with Gasteiger partial charge in [0.2, 0.25) is 0 Å². The highest BCUT2D eigenvalue weighted by molar-refractivity contribution is 7.16. The number of hydrogen-bond acceptors (Lipinski definition) is 2. The quantitative estimate of drug-likeness (QED) is 0.678. The fourth-order valence-corrected chi connectivity index (χ4v) is 3.43. The van der Waals surface area contributed by atoms with Crippen LogP contribution in [0.4, 0.5) is 0 Å². The van der Waals surface area contributed by atoms with E-state index in [0.29, 0.717) is 12.1 Å². The maximum absolute atomic E-state index is 12.5. The molecular formula is C17H14ClNOS. The molecule has 2 aromatic carbocycles. The zero-order chi connectivity index (χ0) is 14.8. The topological polar surface area (TPSA) is 20.3 Å². The second-order valence-corrected chi connectivity index (χ2v) is 6.73. The molecule has 1 amide bonds. The van der Waals surface area contributed by atoms with Gasteiger partial charge in [0.05, 0.1) is 10.9 Å². The number of amides is 1. The van der Waals surface area contributed by atoms with Crippen LogP contribution in [0, 0.1) is 0 Å². The zero-order valence-electron chi connectivity index (χ0n) is 11.5. The summed E-state index contributed by atoms with van der Waals surface area (Å²) < 4.78 is 0.747. The Balaban J connectivity index is 1.82. The summed E-state index contributed by atoms with van der Waals surface area (Å²) in [6.45, 7) is 0.572. The second-order valence-electron chi connectivity index (χ2n) is 4.93. The molecule has 3 aromatic rings. The molecule has 0 aliphatic heterocycles. The molecule has 0 fully saturated rings. The highest BCUT2D eigenvalue weighted by Gasteiger charge is 2.13. The van der Waals surface area contributed by atoms with E-state index in [1.165, 1.54) is 11.3 Å². The van der Waals surface area contributed by atoms with Crippen molar-refractivity contribution in [3.8, 4) is 0 Å².